The first-order valence-corrected chi connectivity index (χ1v) is 12.7. The van der Waals surface area contributed by atoms with E-state index in [1.54, 1.807) is 11.0 Å². The van der Waals surface area contributed by atoms with Crippen LogP contribution in [0.1, 0.15) is 64.0 Å². The van der Waals surface area contributed by atoms with Crippen molar-refractivity contribution in [3.05, 3.63) is 63.1 Å². The lowest BCUT2D eigenvalue weighted by atomic mass is 10.0. The predicted molar refractivity (Wildman–Crippen MR) is 138 cm³/mol. The molecule has 2 amide bonds. The average Bonchev–Trinajstić information content (AvgIpc) is 2.79. The Labute approximate surface area is 211 Å². The van der Waals surface area contributed by atoms with E-state index in [0.717, 1.165) is 22.9 Å². The average molecular weight is 538 g/mol. The second kappa shape index (κ2) is 13.6. The summed E-state index contributed by atoms with van der Waals surface area (Å²) in [6, 6.07) is 12.6. The number of amides is 2. The smallest absolute Gasteiger partial charge is 0.261 e. The Morgan fingerprint density at radius 2 is 1.88 bits per heavy atom. The van der Waals surface area contributed by atoms with Crippen LogP contribution in [0, 0.1) is 0 Å². The number of halogens is 2. The van der Waals surface area contributed by atoms with Gasteiger partial charge in [-0.2, -0.15) is 0 Å². The summed E-state index contributed by atoms with van der Waals surface area (Å²) in [4.78, 5) is 27.8. The van der Waals surface area contributed by atoms with E-state index in [0.29, 0.717) is 29.7 Å². The molecule has 2 aromatic carbocycles. The normalized spacial score (nSPS) is 11.8. The molecule has 33 heavy (non-hydrogen) atoms. The fourth-order valence-corrected chi connectivity index (χ4v) is 4.16. The van der Waals surface area contributed by atoms with Crippen molar-refractivity contribution in [1.29, 1.82) is 0 Å². The summed E-state index contributed by atoms with van der Waals surface area (Å²) in [6.07, 6.45) is 2.36. The zero-order valence-corrected chi connectivity index (χ0v) is 22.2. The molecule has 0 fully saturated rings. The van der Waals surface area contributed by atoms with Crippen molar-refractivity contribution in [2.24, 2.45) is 0 Å². The van der Waals surface area contributed by atoms with Gasteiger partial charge in [0.1, 0.15) is 11.8 Å². The molecule has 0 bridgehead atoms. The number of rotatable bonds is 12. The van der Waals surface area contributed by atoms with Crippen LogP contribution in [0.15, 0.2) is 46.9 Å². The Morgan fingerprint density at radius 1 is 1.15 bits per heavy atom. The lowest BCUT2D eigenvalue weighted by Crippen LogP contribution is -2.50. The maximum absolute atomic E-state index is 13.3. The van der Waals surface area contributed by atoms with Gasteiger partial charge >= 0.3 is 0 Å². The van der Waals surface area contributed by atoms with E-state index in [1.165, 1.54) is 5.56 Å². The maximum atomic E-state index is 13.3. The number of nitrogens with one attached hydrogen (secondary N) is 1. The van der Waals surface area contributed by atoms with Crippen LogP contribution in [0.5, 0.6) is 5.75 Å². The maximum Gasteiger partial charge on any atom is 0.261 e. The molecule has 0 spiro atoms. The highest BCUT2D eigenvalue weighted by Gasteiger charge is 2.29. The van der Waals surface area contributed by atoms with Crippen LogP contribution in [-0.2, 0) is 16.1 Å². The molecular formula is C26H34BrClN2O3. The van der Waals surface area contributed by atoms with E-state index in [-0.39, 0.29) is 25.0 Å². The van der Waals surface area contributed by atoms with Crippen LogP contribution in [0.2, 0.25) is 5.02 Å². The van der Waals surface area contributed by atoms with E-state index in [9.17, 15) is 9.59 Å². The molecule has 0 radical (unpaired) electrons. The van der Waals surface area contributed by atoms with E-state index in [4.69, 9.17) is 16.3 Å². The van der Waals surface area contributed by atoms with Gasteiger partial charge in [0.2, 0.25) is 5.91 Å². The minimum absolute atomic E-state index is 0.158. The summed E-state index contributed by atoms with van der Waals surface area (Å²) in [5.41, 5.74) is 1.96. The van der Waals surface area contributed by atoms with Crippen molar-refractivity contribution >= 4 is 39.3 Å². The molecule has 2 rings (SSSR count). The standard InChI is InChI=1S/C26H34BrClN2O3/c1-5-7-14-29-26(32)23(6-2)30(16-20-10-8-9-11-22(20)28)25(31)17-33-24-13-12-19(18(3)4)15-21(24)27/h8-13,15,18,23H,5-7,14,16-17H2,1-4H3,(H,29,32)/t23-/m1/s1. The van der Waals surface area contributed by atoms with Gasteiger partial charge in [-0.3, -0.25) is 9.59 Å². The van der Waals surface area contributed by atoms with Crippen molar-refractivity contribution < 1.29 is 14.3 Å². The van der Waals surface area contributed by atoms with Crippen LogP contribution < -0.4 is 10.1 Å². The van der Waals surface area contributed by atoms with Crippen molar-refractivity contribution in [1.82, 2.24) is 10.2 Å². The van der Waals surface area contributed by atoms with Crippen LogP contribution in [0.3, 0.4) is 0 Å². The summed E-state index contributed by atoms with van der Waals surface area (Å²) in [6.45, 7) is 8.85. The quantitative estimate of drug-likeness (QED) is 0.322. The van der Waals surface area contributed by atoms with Crippen molar-refractivity contribution in [3.8, 4) is 5.75 Å². The number of benzene rings is 2. The van der Waals surface area contributed by atoms with Gasteiger partial charge in [-0.25, -0.2) is 0 Å². The Kier molecular flexibility index (Phi) is 11.2. The second-order valence-corrected chi connectivity index (χ2v) is 9.58. The summed E-state index contributed by atoms with van der Waals surface area (Å²) >= 11 is 9.90. The highest BCUT2D eigenvalue weighted by molar-refractivity contribution is 9.10. The molecule has 0 heterocycles. The van der Waals surface area contributed by atoms with Crippen LogP contribution in [0.25, 0.3) is 0 Å². The van der Waals surface area contributed by atoms with Crippen LogP contribution in [0.4, 0.5) is 0 Å². The molecule has 180 valence electrons. The first-order chi connectivity index (χ1) is 15.8. The monoisotopic (exact) mass is 536 g/mol. The number of hydrogen-bond donors (Lipinski definition) is 1. The zero-order valence-electron chi connectivity index (χ0n) is 19.9. The molecular weight excluding hydrogens is 504 g/mol. The van der Waals surface area contributed by atoms with Gasteiger partial charge < -0.3 is 15.0 Å². The second-order valence-electron chi connectivity index (χ2n) is 8.31. The lowest BCUT2D eigenvalue weighted by Gasteiger charge is -2.31. The van der Waals surface area contributed by atoms with Gasteiger partial charge in [0.15, 0.2) is 6.61 Å². The Morgan fingerprint density at radius 3 is 2.48 bits per heavy atom. The third-order valence-corrected chi connectivity index (χ3v) is 6.48. The third-order valence-electron chi connectivity index (χ3n) is 5.49. The fraction of sp³-hybridized carbons (Fsp3) is 0.462. The van der Waals surface area contributed by atoms with Crippen molar-refractivity contribution in [2.75, 3.05) is 13.2 Å². The first-order valence-electron chi connectivity index (χ1n) is 11.5. The first kappa shape index (κ1) is 27.2. The topological polar surface area (TPSA) is 58.6 Å². The molecule has 1 N–H and O–H groups in total. The Hall–Kier alpha value is -2.05. The number of hydrogen-bond acceptors (Lipinski definition) is 3. The number of carbonyl (C=O) groups is 2. The fourth-order valence-electron chi connectivity index (χ4n) is 3.45. The van der Waals surface area contributed by atoms with E-state index in [2.05, 4.69) is 42.0 Å². The molecule has 0 saturated carbocycles. The van der Waals surface area contributed by atoms with Crippen LogP contribution >= 0.6 is 27.5 Å². The van der Waals surface area contributed by atoms with Gasteiger partial charge in [0, 0.05) is 18.1 Å². The third kappa shape index (κ3) is 8.04. The summed E-state index contributed by atoms with van der Waals surface area (Å²) in [5, 5.41) is 3.52. The zero-order chi connectivity index (χ0) is 24.4. The molecule has 0 aliphatic heterocycles. The Bertz CT molecular complexity index is 936. The molecule has 2 aromatic rings. The van der Waals surface area contributed by atoms with Crippen molar-refractivity contribution in [3.63, 3.8) is 0 Å². The lowest BCUT2D eigenvalue weighted by molar-refractivity contribution is -0.143. The number of carbonyl (C=O) groups excluding carboxylic acids is 2. The SMILES string of the molecule is CCCCNC(=O)[C@@H](CC)N(Cc1ccccc1Cl)C(=O)COc1ccc(C(C)C)cc1Br. The van der Waals surface area contributed by atoms with Gasteiger partial charge in [0.05, 0.1) is 4.47 Å². The molecule has 0 unspecified atom stereocenters. The molecule has 0 aliphatic carbocycles. The van der Waals surface area contributed by atoms with Gasteiger partial charge in [0.25, 0.3) is 5.91 Å². The summed E-state index contributed by atoms with van der Waals surface area (Å²) < 4.78 is 6.65. The molecule has 7 heteroatoms. The number of unbranched alkanes of at least 4 members (excludes halogenated alkanes) is 1. The van der Waals surface area contributed by atoms with E-state index >= 15 is 0 Å². The molecule has 0 saturated heterocycles. The molecule has 5 nitrogen and oxygen atoms in total. The molecule has 1 atom stereocenters. The van der Waals surface area contributed by atoms with E-state index < -0.39 is 6.04 Å². The molecule has 0 aliphatic rings. The molecule has 0 aromatic heterocycles. The predicted octanol–water partition coefficient (Wildman–Crippen LogP) is 6.33. The summed E-state index contributed by atoms with van der Waals surface area (Å²) in [7, 11) is 0. The number of ether oxygens (including phenoxy) is 1. The van der Waals surface area contributed by atoms with Gasteiger partial charge in [-0.1, -0.05) is 70.0 Å². The minimum Gasteiger partial charge on any atom is -0.483 e. The summed E-state index contributed by atoms with van der Waals surface area (Å²) in [5.74, 6) is 0.548. The van der Waals surface area contributed by atoms with Crippen LogP contribution in [-0.4, -0.2) is 35.9 Å². The van der Waals surface area contributed by atoms with E-state index in [1.807, 2.05) is 43.3 Å². The Balaban J connectivity index is 2.21. The largest absolute Gasteiger partial charge is 0.483 e. The minimum atomic E-state index is -0.610. The highest BCUT2D eigenvalue weighted by atomic mass is 79.9. The number of nitrogens with zero attached hydrogens (tertiary/aromatic N) is 1. The van der Waals surface area contributed by atoms with Gasteiger partial charge in [-0.15, -0.1) is 0 Å². The highest BCUT2D eigenvalue weighted by Crippen LogP contribution is 2.29. The van der Waals surface area contributed by atoms with Crippen molar-refractivity contribution in [2.45, 2.75) is 65.5 Å². The van der Waals surface area contributed by atoms with Gasteiger partial charge in [-0.05, 0) is 64.0 Å².